The normalized spacial score (nSPS) is 23.3. The molecule has 0 aliphatic carbocycles. The van der Waals surface area contributed by atoms with Gasteiger partial charge in [0.15, 0.2) is 0 Å². The second kappa shape index (κ2) is 9.08. The SMILES string of the molecule is CN1CCN(c2cc(C=C3SC(=O)NC3=O)nc(N3CC4(C3)CN(S(=O)(=O)c3ccccc3)C4)n2)CC1. The molecule has 1 N–H and O–H groups in total. The fourth-order valence-corrected chi connectivity index (χ4v) is 7.48. The van der Waals surface area contributed by atoms with Crippen LogP contribution in [-0.4, -0.2) is 98.1 Å². The van der Waals surface area contributed by atoms with E-state index in [0.29, 0.717) is 47.6 Å². The highest BCUT2D eigenvalue weighted by Gasteiger charge is 2.56. The molecule has 0 atom stereocenters. The number of carbonyl (C=O) groups excluding carboxylic acids is 2. The summed E-state index contributed by atoms with van der Waals surface area (Å²) in [5.74, 6) is 0.906. The van der Waals surface area contributed by atoms with Gasteiger partial charge in [0.25, 0.3) is 11.1 Å². The maximum atomic E-state index is 12.9. The molecule has 0 bridgehead atoms. The third-order valence-electron chi connectivity index (χ3n) is 7.21. The van der Waals surface area contributed by atoms with Crippen molar-refractivity contribution < 1.29 is 18.0 Å². The number of amides is 2. The van der Waals surface area contributed by atoms with Gasteiger partial charge in [-0.05, 0) is 37.0 Å². The summed E-state index contributed by atoms with van der Waals surface area (Å²) in [7, 11) is -1.40. The Kier molecular flexibility index (Phi) is 5.97. The van der Waals surface area contributed by atoms with Crippen molar-refractivity contribution in [2.75, 3.05) is 69.2 Å². The van der Waals surface area contributed by atoms with Gasteiger partial charge < -0.3 is 14.7 Å². The van der Waals surface area contributed by atoms with E-state index >= 15 is 0 Å². The predicted octanol–water partition coefficient (Wildman–Crippen LogP) is 1.06. The summed E-state index contributed by atoms with van der Waals surface area (Å²) < 4.78 is 27.4. The Morgan fingerprint density at radius 3 is 2.32 bits per heavy atom. The minimum absolute atomic E-state index is 0.110. The molecule has 13 heteroatoms. The molecule has 2 amide bonds. The first-order valence-corrected chi connectivity index (χ1v) is 14.3. The molecule has 1 aromatic heterocycles. The van der Waals surface area contributed by atoms with Crippen LogP contribution in [0.2, 0.25) is 0 Å². The summed E-state index contributed by atoms with van der Waals surface area (Å²) in [5.41, 5.74) is 0.454. The van der Waals surface area contributed by atoms with Gasteiger partial charge >= 0.3 is 0 Å². The molecule has 11 nitrogen and oxygen atoms in total. The molecule has 1 aromatic carbocycles. The van der Waals surface area contributed by atoms with Crippen LogP contribution in [0.25, 0.3) is 6.08 Å². The van der Waals surface area contributed by atoms with E-state index in [1.54, 1.807) is 36.4 Å². The van der Waals surface area contributed by atoms with Gasteiger partial charge in [0.1, 0.15) is 5.82 Å². The lowest BCUT2D eigenvalue weighted by molar-refractivity contribution is -0.115. The molecule has 6 rings (SSSR count). The van der Waals surface area contributed by atoms with E-state index in [1.807, 2.05) is 6.07 Å². The number of imide groups is 1. The lowest BCUT2D eigenvalue weighted by Gasteiger charge is -2.59. The van der Waals surface area contributed by atoms with Crippen LogP contribution in [0.3, 0.4) is 0 Å². The molecule has 5 heterocycles. The van der Waals surface area contributed by atoms with Gasteiger partial charge in [0, 0.05) is 63.8 Å². The molecule has 4 fully saturated rings. The smallest absolute Gasteiger partial charge is 0.290 e. The minimum Gasteiger partial charge on any atom is -0.354 e. The average molecular weight is 542 g/mol. The Morgan fingerprint density at radius 1 is 0.973 bits per heavy atom. The second-order valence-corrected chi connectivity index (χ2v) is 13.0. The number of aromatic nitrogens is 2. The van der Waals surface area contributed by atoms with Gasteiger partial charge in [-0.15, -0.1) is 0 Å². The maximum absolute atomic E-state index is 12.9. The fourth-order valence-electron chi connectivity index (χ4n) is 5.13. The molecular formula is C24H27N7O4S2. The first kappa shape index (κ1) is 24.3. The minimum atomic E-state index is -3.49. The number of benzene rings is 1. The molecule has 4 aliphatic heterocycles. The number of anilines is 2. The standard InChI is InChI=1S/C24H27N7O4S2/c1-28-7-9-29(10-8-28)20-12-17(11-19-21(32)27-23(33)36-19)25-22(26-20)30-13-24(14-30)15-31(16-24)37(34,35)18-5-3-2-4-6-18/h2-6,11-12H,7-10,13-16H2,1H3,(H,27,32,33). The van der Waals surface area contributed by atoms with Crippen LogP contribution in [0.15, 0.2) is 46.2 Å². The summed E-state index contributed by atoms with van der Waals surface area (Å²) in [6.07, 6.45) is 1.63. The van der Waals surface area contributed by atoms with Crippen molar-refractivity contribution in [3.8, 4) is 0 Å². The number of carbonyl (C=O) groups is 2. The summed E-state index contributed by atoms with van der Waals surface area (Å²) in [5, 5.41) is 1.88. The molecule has 2 aromatic rings. The largest absolute Gasteiger partial charge is 0.354 e. The number of hydrogen-bond acceptors (Lipinski definition) is 10. The third-order valence-corrected chi connectivity index (χ3v) is 9.83. The molecule has 0 radical (unpaired) electrons. The Morgan fingerprint density at radius 2 is 1.68 bits per heavy atom. The number of thioether (sulfide) groups is 1. The second-order valence-electron chi connectivity index (χ2n) is 10.0. The van der Waals surface area contributed by atoms with E-state index in [0.717, 1.165) is 43.8 Å². The lowest BCUT2D eigenvalue weighted by Crippen LogP contribution is -2.73. The third kappa shape index (κ3) is 4.60. The van der Waals surface area contributed by atoms with E-state index in [2.05, 4.69) is 27.1 Å². The Hall–Kier alpha value is -3.00. The van der Waals surface area contributed by atoms with Crippen LogP contribution in [0.5, 0.6) is 0 Å². The van der Waals surface area contributed by atoms with Gasteiger partial charge in [-0.2, -0.15) is 9.29 Å². The highest BCUT2D eigenvalue weighted by molar-refractivity contribution is 8.18. The summed E-state index contributed by atoms with van der Waals surface area (Å²) in [6, 6.07) is 10.4. The predicted molar refractivity (Wildman–Crippen MR) is 141 cm³/mol. The van der Waals surface area contributed by atoms with Gasteiger partial charge in [-0.3, -0.25) is 14.9 Å². The van der Waals surface area contributed by atoms with Crippen LogP contribution >= 0.6 is 11.8 Å². The van der Waals surface area contributed by atoms with Crippen molar-refractivity contribution in [1.82, 2.24) is 24.5 Å². The van der Waals surface area contributed by atoms with Crippen LogP contribution in [0.1, 0.15) is 5.69 Å². The fraction of sp³-hybridized carbons (Fsp3) is 0.417. The van der Waals surface area contributed by atoms with Crippen LogP contribution in [0.4, 0.5) is 16.6 Å². The molecule has 0 saturated carbocycles. The number of nitrogens with one attached hydrogen (secondary N) is 1. The Labute approximate surface area is 219 Å². The zero-order chi connectivity index (χ0) is 25.8. The number of likely N-dealkylation sites (N-methyl/N-ethyl adjacent to an activating group) is 1. The number of hydrogen-bond donors (Lipinski definition) is 1. The molecular weight excluding hydrogens is 514 g/mol. The first-order valence-electron chi connectivity index (χ1n) is 12.1. The quantitative estimate of drug-likeness (QED) is 0.551. The van der Waals surface area contributed by atoms with Crippen molar-refractivity contribution in [3.05, 3.63) is 47.0 Å². The van der Waals surface area contributed by atoms with E-state index in [-0.39, 0.29) is 5.41 Å². The molecule has 4 saturated heterocycles. The molecule has 0 unspecified atom stereocenters. The number of piperazine rings is 1. The Balaban J connectivity index is 1.20. The van der Waals surface area contributed by atoms with E-state index in [4.69, 9.17) is 9.97 Å². The number of nitrogens with zero attached hydrogens (tertiary/aromatic N) is 6. The van der Waals surface area contributed by atoms with Crippen LogP contribution in [-0.2, 0) is 14.8 Å². The highest BCUT2D eigenvalue weighted by Crippen LogP contribution is 2.43. The maximum Gasteiger partial charge on any atom is 0.290 e. The highest BCUT2D eigenvalue weighted by atomic mass is 32.2. The van der Waals surface area contributed by atoms with Crippen LogP contribution < -0.4 is 15.1 Å². The van der Waals surface area contributed by atoms with Gasteiger partial charge in [0.2, 0.25) is 16.0 Å². The monoisotopic (exact) mass is 541 g/mol. The topological polar surface area (TPSA) is 119 Å². The number of sulfonamides is 1. The molecule has 37 heavy (non-hydrogen) atoms. The van der Waals surface area contributed by atoms with E-state index < -0.39 is 21.2 Å². The van der Waals surface area contributed by atoms with Crippen LogP contribution in [0, 0.1) is 5.41 Å². The molecule has 1 spiro atoms. The lowest BCUT2D eigenvalue weighted by atomic mass is 9.74. The van der Waals surface area contributed by atoms with Crippen molar-refractivity contribution in [2.24, 2.45) is 5.41 Å². The molecule has 194 valence electrons. The molecule has 4 aliphatic rings. The van der Waals surface area contributed by atoms with Crippen molar-refractivity contribution in [3.63, 3.8) is 0 Å². The Bertz CT molecular complexity index is 1380. The average Bonchev–Trinajstić information content (AvgIpc) is 3.14. The van der Waals surface area contributed by atoms with Crippen molar-refractivity contribution >= 4 is 50.8 Å². The zero-order valence-electron chi connectivity index (χ0n) is 20.3. The number of rotatable bonds is 5. The summed E-state index contributed by atoms with van der Waals surface area (Å²) in [6.45, 7) is 5.73. The van der Waals surface area contributed by atoms with E-state index in [9.17, 15) is 18.0 Å². The first-order chi connectivity index (χ1) is 17.7. The van der Waals surface area contributed by atoms with Crippen molar-refractivity contribution in [2.45, 2.75) is 4.90 Å². The van der Waals surface area contributed by atoms with Crippen molar-refractivity contribution in [1.29, 1.82) is 0 Å². The summed E-state index contributed by atoms with van der Waals surface area (Å²) in [4.78, 5) is 40.4. The zero-order valence-corrected chi connectivity index (χ0v) is 22.0. The van der Waals surface area contributed by atoms with Gasteiger partial charge in [-0.1, -0.05) is 18.2 Å². The van der Waals surface area contributed by atoms with E-state index in [1.165, 1.54) is 4.31 Å². The van der Waals surface area contributed by atoms with Gasteiger partial charge in [-0.25, -0.2) is 13.4 Å². The summed E-state index contributed by atoms with van der Waals surface area (Å²) >= 11 is 0.862. The van der Waals surface area contributed by atoms with Gasteiger partial charge in [0.05, 0.1) is 15.5 Å².